The highest BCUT2D eigenvalue weighted by Gasteiger charge is 2.56. The lowest BCUT2D eigenvalue weighted by Gasteiger charge is -2.28. The van der Waals surface area contributed by atoms with Crippen molar-refractivity contribution in [1.29, 1.82) is 0 Å². The summed E-state index contributed by atoms with van der Waals surface area (Å²) < 4.78 is 5.53. The van der Waals surface area contributed by atoms with Crippen LogP contribution >= 0.6 is 0 Å². The minimum absolute atomic E-state index is 0.0927. The lowest BCUT2D eigenvalue weighted by molar-refractivity contribution is -0.134. The molecule has 3 aliphatic rings. The van der Waals surface area contributed by atoms with Crippen molar-refractivity contribution in [3.05, 3.63) is 24.3 Å². The van der Waals surface area contributed by atoms with Gasteiger partial charge in [0.15, 0.2) is 0 Å². The van der Waals surface area contributed by atoms with Crippen LogP contribution in [0, 0.1) is 5.41 Å². The molecule has 1 aromatic rings. The Morgan fingerprint density at radius 1 is 1.04 bits per heavy atom. The molecule has 2 amide bonds. The maximum atomic E-state index is 12.7. The smallest absolute Gasteiger partial charge is 0.240 e. The summed E-state index contributed by atoms with van der Waals surface area (Å²) in [6.45, 7) is 3.46. The normalized spacial score (nSPS) is 23.7. The van der Waals surface area contributed by atoms with Crippen molar-refractivity contribution in [3.8, 4) is 0 Å². The molecule has 2 N–H and O–H groups in total. The third-order valence-electron chi connectivity index (χ3n) is 5.98. The predicted molar refractivity (Wildman–Crippen MR) is 105 cm³/mol. The van der Waals surface area contributed by atoms with E-state index in [1.165, 1.54) is 24.9 Å². The number of hydrogen-bond donors (Lipinski definition) is 2. The topological polar surface area (TPSA) is 70.7 Å². The van der Waals surface area contributed by atoms with Crippen LogP contribution in [0.2, 0.25) is 0 Å². The van der Waals surface area contributed by atoms with Crippen LogP contribution in [0.15, 0.2) is 24.3 Å². The highest BCUT2D eigenvalue weighted by atomic mass is 16.5. The summed E-state index contributed by atoms with van der Waals surface area (Å²) in [6, 6.07) is 7.97. The summed E-state index contributed by atoms with van der Waals surface area (Å²) in [5.41, 5.74) is 1.05. The lowest BCUT2D eigenvalue weighted by atomic mass is 10.0. The van der Waals surface area contributed by atoms with Gasteiger partial charge in [0.2, 0.25) is 11.8 Å². The largest absolute Gasteiger partial charge is 0.376 e. The molecule has 2 saturated heterocycles. The zero-order valence-corrected chi connectivity index (χ0v) is 15.8. The maximum absolute atomic E-state index is 12.7. The van der Waals surface area contributed by atoms with Gasteiger partial charge in [-0.15, -0.1) is 0 Å². The Morgan fingerprint density at radius 3 is 2.41 bits per heavy atom. The fourth-order valence-corrected chi connectivity index (χ4v) is 4.02. The van der Waals surface area contributed by atoms with Crippen LogP contribution < -0.4 is 15.5 Å². The van der Waals surface area contributed by atoms with Crippen molar-refractivity contribution in [2.24, 2.45) is 5.41 Å². The number of carbonyl (C=O) groups is 2. The first-order valence-corrected chi connectivity index (χ1v) is 10.2. The molecule has 0 aromatic heterocycles. The van der Waals surface area contributed by atoms with Crippen molar-refractivity contribution in [1.82, 2.24) is 5.32 Å². The fraction of sp³-hybridized carbons (Fsp3) is 0.619. The molecule has 0 spiro atoms. The number of carbonyl (C=O) groups excluding carboxylic acids is 2. The molecule has 146 valence electrons. The molecule has 6 nitrogen and oxygen atoms in total. The van der Waals surface area contributed by atoms with Gasteiger partial charge in [-0.2, -0.15) is 0 Å². The second-order valence-electron chi connectivity index (χ2n) is 7.98. The van der Waals surface area contributed by atoms with Crippen molar-refractivity contribution in [3.63, 3.8) is 0 Å². The van der Waals surface area contributed by atoms with E-state index >= 15 is 0 Å². The van der Waals surface area contributed by atoms with Crippen molar-refractivity contribution in [2.45, 2.75) is 51.0 Å². The first-order chi connectivity index (χ1) is 13.2. The number of piperidine rings is 1. The Labute approximate surface area is 160 Å². The van der Waals surface area contributed by atoms with E-state index in [1.54, 1.807) is 0 Å². The monoisotopic (exact) mass is 371 g/mol. The quantitative estimate of drug-likeness (QED) is 0.755. The molecule has 1 aliphatic carbocycles. The first-order valence-electron chi connectivity index (χ1n) is 10.2. The highest BCUT2D eigenvalue weighted by molar-refractivity contribution is 6.13. The number of benzene rings is 1. The Balaban J connectivity index is 1.31. The van der Waals surface area contributed by atoms with Crippen molar-refractivity contribution < 1.29 is 14.3 Å². The first kappa shape index (κ1) is 18.3. The average molecular weight is 371 g/mol. The van der Waals surface area contributed by atoms with Gasteiger partial charge in [0, 0.05) is 37.6 Å². The van der Waals surface area contributed by atoms with Gasteiger partial charge < -0.3 is 20.3 Å². The molecule has 3 fully saturated rings. The number of hydrogen-bond acceptors (Lipinski definition) is 4. The molecular formula is C21H29N3O3. The molecule has 1 saturated carbocycles. The van der Waals surface area contributed by atoms with Crippen LogP contribution in [-0.2, 0) is 14.3 Å². The van der Waals surface area contributed by atoms with E-state index in [0.717, 1.165) is 38.2 Å². The molecule has 2 aliphatic heterocycles. The Hall–Kier alpha value is -2.08. The van der Waals surface area contributed by atoms with Crippen LogP contribution in [0.3, 0.4) is 0 Å². The van der Waals surface area contributed by atoms with E-state index in [4.69, 9.17) is 4.74 Å². The second kappa shape index (κ2) is 7.89. The number of nitrogens with one attached hydrogen (secondary N) is 2. The fourth-order valence-electron chi connectivity index (χ4n) is 4.02. The minimum Gasteiger partial charge on any atom is -0.376 e. The van der Waals surface area contributed by atoms with E-state index in [9.17, 15) is 9.59 Å². The van der Waals surface area contributed by atoms with E-state index in [2.05, 4.69) is 27.7 Å². The van der Waals surface area contributed by atoms with Crippen LogP contribution in [0.1, 0.15) is 44.9 Å². The summed E-state index contributed by atoms with van der Waals surface area (Å²) >= 11 is 0. The molecule has 1 aromatic carbocycles. The zero-order chi connectivity index (χ0) is 18.7. The minimum atomic E-state index is -0.899. The summed E-state index contributed by atoms with van der Waals surface area (Å²) in [7, 11) is 0. The SMILES string of the molecule is O=C(NCC1CCCO1)C1(C(=O)Nc2ccc(N3CCCCC3)cc2)CC1. The molecular weight excluding hydrogens is 342 g/mol. The summed E-state index contributed by atoms with van der Waals surface area (Å²) in [5.74, 6) is -0.363. The molecule has 0 bridgehead atoms. The van der Waals surface area contributed by atoms with E-state index < -0.39 is 5.41 Å². The zero-order valence-electron chi connectivity index (χ0n) is 15.8. The maximum Gasteiger partial charge on any atom is 0.240 e. The van der Waals surface area contributed by atoms with E-state index in [1.807, 2.05) is 12.1 Å². The molecule has 1 unspecified atom stereocenters. The number of ether oxygens (including phenoxy) is 1. The molecule has 0 radical (unpaired) electrons. The van der Waals surface area contributed by atoms with Crippen LogP contribution in [0.4, 0.5) is 11.4 Å². The number of amides is 2. The van der Waals surface area contributed by atoms with Crippen LogP contribution in [0.25, 0.3) is 0 Å². The van der Waals surface area contributed by atoms with Gasteiger partial charge in [-0.25, -0.2) is 0 Å². The Kier molecular flexibility index (Phi) is 5.34. The van der Waals surface area contributed by atoms with Gasteiger partial charge in [-0.1, -0.05) is 0 Å². The van der Waals surface area contributed by atoms with E-state index in [-0.39, 0.29) is 17.9 Å². The van der Waals surface area contributed by atoms with Gasteiger partial charge >= 0.3 is 0 Å². The number of nitrogens with zero attached hydrogens (tertiary/aromatic N) is 1. The number of rotatable bonds is 6. The van der Waals surface area contributed by atoms with Gasteiger partial charge in [-0.3, -0.25) is 9.59 Å². The average Bonchev–Trinajstić information content (AvgIpc) is 3.36. The Morgan fingerprint density at radius 2 is 1.78 bits per heavy atom. The summed E-state index contributed by atoms with van der Waals surface area (Å²) in [5, 5.41) is 5.85. The standard InChI is InChI=1S/C21H29N3O3/c25-19(22-15-18-5-4-14-27-18)21(10-11-21)20(26)23-16-6-8-17(9-7-16)24-12-2-1-3-13-24/h6-9,18H,1-5,10-15H2,(H,22,25)(H,23,26). The molecule has 27 heavy (non-hydrogen) atoms. The van der Waals surface area contributed by atoms with Gasteiger partial charge in [0.1, 0.15) is 5.41 Å². The molecule has 1 atom stereocenters. The third-order valence-corrected chi connectivity index (χ3v) is 5.98. The highest BCUT2D eigenvalue weighted by Crippen LogP contribution is 2.47. The molecule has 6 heteroatoms. The van der Waals surface area contributed by atoms with Gasteiger partial charge in [0.25, 0.3) is 0 Å². The van der Waals surface area contributed by atoms with Gasteiger partial charge in [-0.05, 0) is 69.2 Å². The van der Waals surface area contributed by atoms with Gasteiger partial charge in [0.05, 0.1) is 6.10 Å². The Bertz CT molecular complexity index is 672. The summed E-state index contributed by atoms with van der Waals surface area (Å²) in [4.78, 5) is 27.6. The summed E-state index contributed by atoms with van der Waals surface area (Å²) in [6.07, 6.45) is 7.12. The second-order valence-corrected chi connectivity index (χ2v) is 7.98. The van der Waals surface area contributed by atoms with E-state index in [0.29, 0.717) is 19.4 Å². The van der Waals surface area contributed by atoms with Crippen molar-refractivity contribution in [2.75, 3.05) is 36.5 Å². The molecule has 4 rings (SSSR count). The number of anilines is 2. The van der Waals surface area contributed by atoms with Crippen LogP contribution in [-0.4, -0.2) is 44.2 Å². The lowest BCUT2D eigenvalue weighted by Crippen LogP contribution is -2.42. The van der Waals surface area contributed by atoms with Crippen molar-refractivity contribution >= 4 is 23.2 Å². The third kappa shape index (κ3) is 4.10. The predicted octanol–water partition coefficient (Wildman–Crippen LogP) is 2.69. The van der Waals surface area contributed by atoms with Crippen LogP contribution in [0.5, 0.6) is 0 Å². The molecule has 2 heterocycles.